The van der Waals surface area contributed by atoms with Crippen LogP contribution in [0.25, 0.3) is 0 Å². The standard InChI is InChI=1S/C14H13FN2O3/c1-20-14-6-5-12(8-13(14)17(18)19)16-9-10-3-2-4-11(15)7-10/h2-8,16H,9H2,1H3. The van der Waals surface area contributed by atoms with Gasteiger partial charge in [-0.1, -0.05) is 12.1 Å². The summed E-state index contributed by atoms with van der Waals surface area (Å²) in [6.07, 6.45) is 0. The summed E-state index contributed by atoms with van der Waals surface area (Å²) in [6, 6.07) is 10.7. The van der Waals surface area contributed by atoms with Crippen molar-refractivity contribution in [3.63, 3.8) is 0 Å². The fourth-order valence-electron chi connectivity index (χ4n) is 1.79. The Morgan fingerprint density at radius 3 is 2.75 bits per heavy atom. The Hall–Kier alpha value is -2.63. The van der Waals surface area contributed by atoms with Crippen LogP contribution in [0.2, 0.25) is 0 Å². The van der Waals surface area contributed by atoms with E-state index in [1.165, 1.54) is 31.4 Å². The molecule has 0 radical (unpaired) electrons. The van der Waals surface area contributed by atoms with Crippen molar-refractivity contribution < 1.29 is 14.1 Å². The van der Waals surface area contributed by atoms with Gasteiger partial charge in [-0.25, -0.2) is 4.39 Å². The molecule has 0 aliphatic rings. The molecule has 0 atom stereocenters. The van der Waals surface area contributed by atoms with Crippen molar-refractivity contribution in [1.82, 2.24) is 0 Å². The zero-order chi connectivity index (χ0) is 14.5. The second-order valence-electron chi connectivity index (χ2n) is 4.13. The normalized spacial score (nSPS) is 10.1. The molecule has 2 aromatic carbocycles. The molecule has 0 fully saturated rings. The molecule has 0 amide bonds. The Bertz CT molecular complexity index is 632. The van der Waals surface area contributed by atoms with Crippen LogP contribution in [0.4, 0.5) is 15.8 Å². The number of hydrogen-bond donors (Lipinski definition) is 1. The lowest BCUT2D eigenvalue weighted by molar-refractivity contribution is -0.385. The number of nitro benzene ring substituents is 1. The van der Waals surface area contributed by atoms with Crippen LogP contribution in [-0.2, 0) is 6.54 Å². The first-order valence-electron chi connectivity index (χ1n) is 5.91. The number of rotatable bonds is 5. The third-order valence-electron chi connectivity index (χ3n) is 2.76. The number of halogens is 1. The predicted octanol–water partition coefficient (Wildman–Crippen LogP) is 3.35. The van der Waals surface area contributed by atoms with Crippen LogP contribution in [0, 0.1) is 15.9 Å². The number of nitro groups is 1. The van der Waals surface area contributed by atoms with E-state index in [4.69, 9.17) is 4.74 Å². The van der Waals surface area contributed by atoms with Crippen LogP contribution >= 0.6 is 0 Å². The highest BCUT2D eigenvalue weighted by atomic mass is 19.1. The third kappa shape index (κ3) is 3.23. The van der Waals surface area contributed by atoms with Gasteiger partial charge >= 0.3 is 5.69 Å². The minimum absolute atomic E-state index is 0.114. The van der Waals surface area contributed by atoms with Gasteiger partial charge in [0, 0.05) is 18.3 Å². The molecule has 0 bridgehead atoms. The quantitative estimate of drug-likeness (QED) is 0.671. The van der Waals surface area contributed by atoms with Crippen LogP contribution < -0.4 is 10.1 Å². The van der Waals surface area contributed by atoms with Crippen molar-refractivity contribution in [1.29, 1.82) is 0 Å². The molecule has 0 unspecified atom stereocenters. The molecule has 2 aromatic rings. The van der Waals surface area contributed by atoms with Crippen molar-refractivity contribution in [2.24, 2.45) is 0 Å². The summed E-state index contributed by atoms with van der Waals surface area (Å²) in [4.78, 5) is 10.4. The van der Waals surface area contributed by atoms with Gasteiger partial charge in [0.05, 0.1) is 12.0 Å². The van der Waals surface area contributed by atoms with E-state index in [9.17, 15) is 14.5 Å². The monoisotopic (exact) mass is 276 g/mol. The Morgan fingerprint density at radius 1 is 1.30 bits per heavy atom. The number of anilines is 1. The lowest BCUT2D eigenvalue weighted by Gasteiger charge is -2.08. The predicted molar refractivity (Wildman–Crippen MR) is 73.4 cm³/mol. The fourth-order valence-corrected chi connectivity index (χ4v) is 1.79. The first-order valence-corrected chi connectivity index (χ1v) is 5.91. The van der Waals surface area contributed by atoms with E-state index in [0.717, 1.165) is 5.56 Å². The van der Waals surface area contributed by atoms with Crippen LogP contribution in [0.15, 0.2) is 42.5 Å². The molecule has 0 aliphatic heterocycles. The maximum Gasteiger partial charge on any atom is 0.312 e. The van der Waals surface area contributed by atoms with Gasteiger partial charge in [-0.2, -0.15) is 0 Å². The number of methoxy groups -OCH3 is 1. The van der Waals surface area contributed by atoms with Gasteiger partial charge in [0.15, 0.2) is 5.75 Å². The van der Waals surface area contributed by atoms with Gasteiger partial charge in [0.1, 0.15) is 5.82 Å². The van der Waals surface area contributed by atoms with Gasteiger partial charge < -0.3 is 10.1 Å². The van der Waals surface area contributed by atoms with E-state index in [0.29, 0.717) is 12.2 Å². The number of benzene rings is 2. The Balaban J connectivity index is 2.14. The number of nitrogens with zero attached hydrogens (tertiary/aromatic N) is 1. The van der Waals surface area contributed by atoms with Gasteiger partial charge in [0.25, 0.3) is 0 Å². The van der Waals surface area contributed by atoms with Crippen LogP contribution in [0.1, 0.15) is 5.56 Å². The van der Waals surface area contributed by atoms with Gasteiger partial charge in [0.2, 0.25) is 0 Å². The molecule has 0 saturated carbocycles. The molecule has 5 nitrogen and oxygen atoms in total. The van der Waals surface area contributed by atoms with E-state index >= 15 is 0 Å². The van der Waals surface area contributed by atoms with E-state index < -0.39 is 4.92 Å². The molecular weight excluding hydrogens is 263 g/mol. The van der Waals surface area contributed by atoms with Gasteiger partial charge in [-0.3, -0.25) is 10.1 Å². The summed E-state index contributed by atoms with van der Waals surface area (Å²) in [7, 11) is 1.38. The molecule has 0 aliphatic carbocycles. The molecule has 0 spiro atoms. The maximum absolute atomic E-state index is 13.0. The highest BCUT2D eigenvalue weighted by Crippen LogP contribution is 2.29. The molecule has 0 saturated heterocycles. The topological polar surface area (TPSA) is 64.4 Å². The number of ether oxygens (including phenoxy) is 1. The third-order valence-corrected chi connectivity index (χ3v) is 2.76. The van der Waals surface area contributed by atoms with E-state index in [-0.39, 0.29) is 17.3 Å². The first-order chi connectivity index (χ1) is 9.60. The maximum atomic E-state index is 13.0. The SMILES string of the molecule is COc1ccc(NCc2cccc(F)c2)cc1[N+](=O)[O-]. The Kier molecular flexibility index (Phi) is 4.14. The minimum Gasteiger partial charge on any atom is -0.490 e. The molecule has 20 heavy (non-hydrogen) atoms. The summed E-state index contributed by atoms with van der Waals surface area (Å²) < 4.78 is 17.9. The summed E-state index contributed by atoms with van der Waals surface area (Å²) in [6.45, 7) is 0.376. The molecule has 1 N–H and O–H groups in total. The summed E-state index contributed by atoms with van der Waals surface area (Å²) >= 11 is 0. The highest BCUT2D eigenvalue weighted by molar-refractivity contribution is 5.58. The van der Waals surface area contributed by atoms with Crippen LogP contribution in [-0.4, -0.2) is 12.0 Å². The van der Waals surface area contributed by atoms with Crippen molar-refractivity contribution in [3.05, 3.63) is 64.0 Å². The van der Waals surface area contributed by atoms with Gasteiger partial charge in [-0.05, 0) is 29.8 Å². The van der Waals surface area contributed by atoms with Gasteiger partial charge in [-0.15, -0.1) is 0 Å². The average molecular weight is 276 g/mol. The van der Waals surface area contributed by atoms with Crippen molar-refractivity contribution in [2.45, 2.75) is 6.54 Å². The summed E-state index contributed by atoms with van der Waals surface area (Å²) in [5.41, 5.74) is 1.21. The molecule has 6 heteroatoms. The lowest BCUT2D eigenvalue weighted by Crippen LogP contribution is -2.01. The van der Waals surface area contributed by atoms with Crippen molar-refractivity contribution in [3.8, 4) is 5.75 Å². The summed E-state index contributed by atoms with van der Waals surface area (Å²) in [5, 5.41) is 13.9. The van der Waals surface area contributed by atoms with E-state index in [1.807, 2.05) is 0 Å². The Morgan fingerprint density at radius 2 is 2.10 bits per heavy atom. The minimum atomic E-state index is -0.508. The van der Waals surface area contributed by atoms with Crippen molar-refractivity contribution >= 4 is 11.4 Å². The van der Waals surface area contributed by atoms with E-state index in [1.54, 1.807) is 18.2 Å². The van der Waals surface area contributed by atoms with Crippen molar-refractivity contribution in [2.75, 3.05) is 12.4 Å². The molecule has 104 valence electrons. The fraction of sp³-hybridized carbons (Fsp3) is 0.143. The first kappa shape index (κ1) is 13.8. The zero-order valence-corrected chi connectivity index (χ0v) is 10.8. The lowest BCUT2D eigenvalue weighted by atomic mass is 10.2. The largest absolute Gasteiger partial charge is 0.490 e. The van der Waals surface area contributed by atoms with Crippen LogP contribution in [0.3, 0.4) is 0 Å². The second kappa shape index (κ2) is 6.01. The highest BCUT2D eigenvalue weighted by Gasteiger charge is 2.14. The number of hydrogen-bond acceptors (Lipinski definition) is 4. The average Bonchev–Trinajstić information content (AvgIpc) is 2.45. The smallest absolute Gasteiger partial charge is 0.312 e. The van der Waals surface area contributed by atoms with Crippen LogP contribution in [0.5, 0.6) is 5.75 Å². The second-order valence-corrected chi connectivity index (χ2v) is 4.13. The Labute approximate surface area is 115 Å². The summed E-state index contributed by atoms with van der Waals surface area (Å²) in [5.74, 6) is -0.115. The molecule has 2 rings (SSSR count). The molecular formula is C14H13FN2O3. The number of nitrogens with one attached hydrogen (secondary N) is 1. The zero-order valence-electron chi connectivity index (χ0n) is 10.8. The van der Waals surface area contributed by atoms with E-state index in [2.05, 4.69) is 5.32 Å². The molecule has 0 heterocycles. The molecule has 0 aromatic heterocycles.